The van der Waals surface area contributed by atoms with Crippen LogP contribution in [-0.4, -0.2) is 11.2 Å². The van der Waals surface area contributed by atoms with E-state index < -0.39 is 0 Å². The Labute approximate surface area is 192 Å². The first-order chi connectivity index (χ1) is 14.3. The molecular weight excluding hydrogens is 376 g/mol. The van der Waals surface area contributed by atoms with E-state index in [1.807, 2.05) is 0 Å². The number of allylic oxidation sites excluding steroid dienone is 1. The van der Waals surface area contributed by atoms with Crippen LogP contribution in [0.1, 0.15) is 113 Å². The molecule has 5 rings (SSSR count). The maximum atomic E-state index is 12.0. The molecule has 10 atom stereocenters. The van der Waals surface area contributed by atoms with Crippen molar-refractivity contribution in [3.8, 4) is 0 Å². The summed E-state index contributed by atoms with van der Waals surface area (Å²) in [5.41, 5.74) is 3.00. The fourth-order valence-electron chi connectivity index (χ4n) is 11.5. The number of aliphatic hydroxyl groups is 1. The minimum atomic E-state index is -0.144. The number of fused-ring (bicyclic) bond motifs is 7. The zero-order valence-corrected chi connectivity index (χ0v) is 21.7. The van der Waals surface area contributed by atoms with Gasteiger partial charge in [0, 0.05) is 5.41 Å². The molecule has 0 heterocycles. The van der Waals surface area contributed by atoms with Crippen LogP contribution >= 0.6 is 0 Å². The van der Waals surface area contributed by atoms with E-state index in [4.69, 9.17) is 0 Å². The van der Waals surface area contributed by atoms with Crippen molar-refractivity contribution >= 4 is 0 Å². The van der Waals surface area contributed by atoms with E-state index in [1.54, 1.807) is 0 Å². The standard InChI is InChI=1S/C30H50O/c1-19(2)20-12-15-27(5)16-17-29(7)21(25(20)27)10-11-22-28(6)14-9-13-26(3,4)23(28)18-24(31)30(22,29)8/h20-25,31H,1,9-18H2,2-8H3. The van der Waals surface area contributed by atoms with Crippen molar-refractivity contribution in [1.29, 1.82) is 0 Å². The lowest BCUT2D eigenvalue weighted by atomic mass is 9.32. The van der Waals surface area contributed by atoms with Gasteiger partial charge in [-0.2, -0.15) is 0 Å². The highest BCUT2D eigenvalue weighted by atomic mass is 16.3. The average Bonchev–Trinajstić information content (AvgIpc) is 3.03. The summed E-state index contributed by atoms with van der Waals surface area (Å²) in [6.07, 6.45) is 13.1. The molecule has 5 aliphatic carbocycles. The highest BCUT2D eigenvalue weighted by Gasteiger charge is 2.72. The van der Waals surface area contributed by atoms with Crippen molar-refractivity contribution in [2.45, 2.75) is 119 Å². The zero-order valence-electron chi connectivity index (χ0n) is 21.7. The van der Waals surface area contributed by atoms with Crippen LogP contribution < -0.4 is 0 Å². The molecule has 0 spiro atoms. The Morgan fingerprint density at radius 1 is 0.839 bits per heavy atom. The molecule has 176 valence electrons. The molecule has 1 heteroatoms. The van der Waals surface area contributed by atoms with Crippen molar-refractivity contribution in [2.75, 3.05) is 0 Å². The van der Waals surface area contributed by atoms with E-state index in [1.165, 1.54) is 63.4 Å². The first kappa shape index (κ1) is 22.5. The molecule has 5 aliphatic rings. The summed E-state index contributed by atoms with van der Waals surface area (Å²) in [4.78, 5) is 0. The van der Waals surface area contributed by atoms with Gasteiger partial charge in [-0.25, -0.2) is 0 Å². The fourth-order valence-corrected chi connectivity index (χ4v) is 11.5. The number of hydrogen-bond acceptors (Lipinski definition) is 1. The van der Waals surface area contributed by atoms with Crippen LogP contribution in [0.4, 0.5) is 0 Å². The second-order valence-electron chi connectivity index (χ2n) is 14.8. The topological polar surface area (TPSA) is 20.2 Å². The quantitative estimate of drug-likeness (QED) is 0.421. The number of rotatable bonds is 1. The molecule has 0 aromatic rings. The lowest BCUT2D eigenvalue weighted by Gasteiger charge is -2.73. The van der Waals surface area contributed by atoms with Gasteiger partial charge < -0.3 is 5.11 Å². The monoisotopic (exact) mass is 426 g/mol. The second-order valence-corrected chi connectivity index (χ2v) is 14.8. The van der Waals surface area contributed by atoms with E-state index in [-0.39, 0.29) is 16.9 Å². The van der Waals surface area contributed by atoms with Crippen LogP contribution in [0.5, 0.6) is 0 Å². The molecule has 31 heavy (non-hydrogen) atoms. The molecule has 0 bridgehead atoms. The van der Waals surface area contributed by atoms with Gasteiger partial charge in [0.15, 0.2) is 0 Å². The maximum Gasteiger partial charge on any atom is 0.0605 e. The first-order valence-electron chi connectivity index (χ1n) is 13.6. The third kappa shape index (κ3) is 2.65. The third-order valence-electron chi connectivity index (χ3n) is 13.3. The van der Waals surface area contributed by atoms with Crippen LogP contribution in [0.25, 0.3) is 0 Å². The maximum absolute atomic E-state index is 12.0. The molecule has 0 aromatic heterocycles. The Hall–Kier alpha value is -0.300. The van der Waals surface area contributed by atoms with Crippen molar-refractivity contribution in [3.63, 3.8) is 0 Å². The normalized spacial score (nSPS) is 57.9. The first-order valence-corrected chi connectivity index (χ1v) is 13.6. The minimum absolute atomic E-state index is 0.0537. The summed E-state index contributed by atoms with van der Waals surface area (Å²) < 4.78 is 0. The van der Waals surface area contributed by atoms with Crippen molar-refractivity contribution in [1.82, 2.24) is 0 Å². The van der Waals surface area contributed by atoms with Gasteiger partial charge in [-0.1, -0.05) is 60.1 Å². The Balaban J connectivity index is 1.59. The molecule has 1 nitrogen and oxygen atoms in total. The van der Waals surface area contributed by atoms with E-state index >= 15 is 0 Å². The fraction of sp³-hybridized carbons (Fsp3) is 0.933. The molecule has 0 saturated heterocycles. The summed E-state index contributed by atoms with van der Waals surface area (Å²) in [5.74, 6) is 3.58. The van der Waals surface area contributed by atoms with Gasteiger partial charge in [0.25, 0.3) is 0 Å². The molecular formula is C30H50O. The lowest BCUT2D eigenvalue weighted by Crippen LogP contribution is -2.69. The molecule has 5 saturated carbocycles. The highest BCUT2D eigenvalue weighted by molar-refractivity contribution is 5.22. The van der Waals surface area contributed by atoms with Gasteiger partial charge in [-0.15, -0.1) is 0 Å². The molecule has 0 radical (unpaired) electrons. The van der Waals surface area contributed by atoms with Crippen molar-refractivity contribution in [3.05, 3.63) is 12.2 Å². The Kier molecular flexibility index (Phi) is 4.82. The van der Waals surface area contributed by atoms with Crippen molar-refractivity contribution in [2.24, 2.45) is 56.7 Å². The van der Waals surface area contributed by atoms with Gasteiger partial charge >= 0.3 is 0 Å². The molecule has 0 aliphatic heterocycles. The number of aliphatic hydroxyl groups excluding tert-OH is 1. The lowest BCUT2D eigenvalue weighted by molar-refractivity contribution is -0.274. The molecule has 10 unspecified atom stereocenters. The van der Waals surface area contributed by atoms with E-state index in [9.17, 15) is 5.11 Å². The predicted molar refractivity (Wildman–Crippen MR) is 131 cm³/mol. The van der Waals surface area contributed by atoms with Crippen LogP contribution in [-0.2, 0) is 0 Å². The highest BCUT2D eigenvalue weighted by Crippen LogP contribution is 2.77. The van der Waals surface area contributed by atoms with E-state index in [2.05, 4.69) is 55.0 Å². The Morgan fingerprint density at radius 3 is 2.23 bits per heavy atom. The average molecular weight is 427 g/mol. The largest absolute Gasteiger partial charge is 0.393 e. The summed E-state index contributed by atoms with van der Waals surface area (Å²) in [5, 5.41) is 12.0. The number of hydrogen-bond donors (Lipinski definition) is 1. The van der Waals surface area contributed by atoms with Crippen LogP contribution in [0.2, 0.25) is 0 Å². The van der Waals surface area contributed by atoms with Crippen molar-refractivity contribution < 1.29 is 5.11 Å². The summed E-state index contributed by atoms with van der Waals surface area (Å²) in [7, 11) is 0. The predicted octanol–water partition coefficient (Wildman–Crippen LogP) is 8.02. The van der Waals surface area contributed by atoms with Crippen LogP contribution in [0, 0.1) is 56.7 Å². The second kappa shape index (κ2) is 6.64. The van der Waals surface area contributed by atoms with Gasteiger partial charge in [-0.05, 0) is 116 Å². The van der Waals surface area contributed by atoms with E-state index in [0.29, 0.717) is 34.0 Å². The summed E-state index contributed by atoms with van der Waals surface area (Å²) in [6, 6.07) is 0. The van der Waals surface area contributed by atoms with Gasteiger partial charge in [-0.3, -0.25) is 0 Å². The zero-order chi connectivity index (χ0) is 22.6. The third-order valence-corrected chi connectivity index (χ3v) is 13.3. The Morgan fingerprint density at radius 2 is 1.55 bits per heavy atom. The smallest absolute Gasteiger partial charge is 0.0605 e. The molecule has 0 aromatic carbocycles. The molecule has 0 amide bonds. The Bertz CT molecular complexity index is 766. The van der Waals surface area contributed by atoms with Gasteiger partial charge in [0.05, 0.1) is 6.10 Å². The van der Waals surface area contributed by atoms with E-state index in [0.717, 1.165) is 18.3 Å². The molecule has 5 fully saturated rings. The minimum Gasteiger partial charge on any atom is -0.393 e. The summed E-state index contributed by atoms with van der Waals surface area (Å²) >= 11 is 0. The van der Waals surface area contributed by atoms with Crippen LogP contribution in [0.15, 0.2) is 12.2 Å². The molecule has 1 N–H and O–H groups in total. The SMILES string of the molecule is C=C(C)C1CCC2(C)CCC3(C)C(CCC4C5(C)CCCC(C)(C)C5CC(O)C43C)C12. The van der Waals surface area contributed by atoms with Gasteiger partial charge in [0.1, 0.15) is 0 Å². The van der Waals surface area contributed by atoms with Gasteiger partial charge in [0.2, 0.25) is 0 Å². The summed E-state index contributed by atoms with van der Waals surface area (Å²) in [6.45, 7) is 22.2. The van der Waals surface area contributed by atoms with Crippen LogP contribution in [0.3, 0.4) is 0 Å².